The number of benzene rings is 1. The summed E-state index contributed by atoms with van der Waals surface area (Å²) in [5.41, 5.74) is 6.00. The largest absolute Gasteiger partial charge is 0.326 e. The third-order valence-corrected chi connectivity index (χ3v) is 5.05. The van der Waals surface area contributed by atoms with Crippen LogP contribution in [-0.4, -0.2) is 29.0 Å². The van der Waals surface area contributed by atoms with E-state index in [-0.39, 0.29) is 22.3 Å². The van der Waals surface area contributed by atoms with E-state index in [9.17, 15) is 8.42 Å². The number of rotatable bonds is 5. The molecule has 0 bridgehead atoms. The van der Waals surface area contributed by atoms with E-state index in [1.165, 1.54) is 12.1 Å². The molecule has 0 aliphatic rings. The first kappa shape index (κ1) is 16.1. The van der Waals surface area contributed by atoms with E-state index in [0.29, 0.717) is 10.6 Å². The van der Waals surface area contributed by atoms with E-state index in [2.05, 4.69) is 25.3 Å². The maximum atomic E-state index is 12.4. The molecule has 0 fully saturated rings. The minimum atomic E-state index is -3.88. The molecular weight excluding hydrogens is 339 g/mol. The van der Waals surface area contributed by atoms with Crippen molar-refractivity contribution in [3.63, 3.8) is 0 Å². The van der Waals surface area contributed by atoms with E-state index in [1.54, 1.807) is 6.92 Å². The van der Waals surface area contributed by atoms with Gasteiger partial charge in [0.2, 0.25) is 10.0 Å². The van der Waals surface area contributed by atoms with Gasteiger partial charge in [-0.1, -0.05) is 28.4 Å². The summed E-state index contributed by atoms with van der Waals surface area (Å²) in [6, 6.07) is 2.01. The fraction of sp³-hybridized carbons (Fsp3) is 0.300. The van der Waals surface area contributed by atoms with Crippen molar-refractivity contribution in [1.82, 2.24) is 25.3 Å². The minimum Gasteiger partial charge on any atom is -0.326 e. The number of sulfonamides is 1. The van der Waals surface area contributed by atoms with Crippen molar-refractivity contribution in [2.75, 3.05) is 0 Å². The molecule has 11 heteroatoms. The highest BCUT2D eigenvalue weighted by atomic mass is 35.5. The van der Waals surface area contributed by atoms with Gasteiger partial charge in [-0.05, 0) is 24.6 Å². The van der Waals surface area contributed by atoms with Gasteiger partial charge >= 0.3 is 0 Å². The van der Waals surface area contributed by atoms with Gasteiger partial charge in [0.1, 0.15) is 4.90 Å². The van der Waals surface area contributed by atoms with Crippen molar-refractivity contribution >= 4 is 33.2 Å². The van der Waals surface area contributed by atoms with Gasteiger partial charge in [0.15, 0.2) is 5.82 Å². The molecule has 0 aliphatic carbocycles. The number of aromatic nitrogens is 4. The predicted octanol–water partition coefficient (Wildman–Crippen LogP) is 1.00. The summed E-state index contributed by atoms with van der Waals surface area (Å²) in [4.78, 5) is -0.107. The van der Waals surface area contributed by atoms with Crippen molar-refractivity contribution in [3.8, 4) is 0 Å². The average Bonchev–Trinajstić information content (AvgIpc) is 2.91. The average molecular weight is 351 g/mol. The number of hydrogen-bond acceptors (Lipinski definition) is 6. The Morgan fingerprint density at radius 3 is 2.67 bits per heavy atom. The fourth-order valence-electron chi connectivity index (χ4n) is 1.64. The molecule has 114 valence electrons. The first-order chi connectivity index (χ1) is 9.85. The zero-order valence-electron chi connectivity index (χ0n) is 10.8. The third-order valence-electron chi connectivity index (χ3n) is 2.69. The molecule has 4 N–H and O–H groups in total. The summed E-state index contributed by atoms with van der Waals surface area (Å²) in [5.74, 6) is 0.211. The van der Waals surface area contributed by atoms with Crippen LogP contribution in [0.2, 0.25) is 10.0 Å². The normalized spacial score (nSPS) is 13.3. The number of halogens is 2. The predicted molar refractivity (Wildman–Crippen MR) is 77.3 cm³/mol. The van der Waals surface area contributed by atoms with Gasteiger partial charge in [-0.25, -0.2) is 13.1 Å². The van der Waals surface area contributed by atoms with Crippen LogP contribution in [0.1, 0.15) is 24.4 Å². The molecular formula is C10H12Cl2N6O2S. The zero-order valence-corrected chi connectivity index (χ0v) is 13.2. The number of hydrogen-bond donors (Lipinski definition) is 3. The van der Waals surface area contributed by atoms with Crippen LogP contribution in [0.25, 0.3) is 0 Å². The molecule has 0 aliphatic heterocycles. The number of nitrogens with one attached hydrogen (secondary N) is 2. The van der Waals surface area contributed by atoms with Gasteiger partial charge in [-0.2, -0.15) is 5.21 Å². The van der Waals surface area contributed by atoms with E-state index in [4.69, 9.17) is 28.9 Å². The Hall–Kier alpha value is -1.26. The van der Waals surface area contributed by atoms with Gasteiger partial charge in [0, 0.05) is 11.6 Å². The molecule has 2 aromatic rings. The van der Waals surface area contributed by atoms with Crippen LogP contribution < -0.4 is 10.5 Å². The Morgan fingerprint density at radius 1 is 1.38 bits per heavy atom. The standard InChI is InChI=1S/C10H12Cl2N6O2S/c1-5(10-14-17-18-15-10)16-21(19,20)9-2-6(4-13)7(11)3-8(9)12/h2-3,5,16H,4,13H2,1H3,(H,14,15,17,18). The Kier molecular flexibility index (Phi) is 4.79. The lowest BCUT2D eigenvalue weighted by molar-refractivity contribution is 0.560. The molecule has 1 heterocycles. The Balaban J connectivity index is 2.36. The maximum Gasteiger partial charge on any atom is 0.242 e. The topological polar surface area (TPSA) is 127 Å². The SMILES string of the molecule is CC(NS(=O)(=O)c1cc(CN)c(Cl)cc1Cl)c1nn[nH]n1. The molecule has 0 saturated heterocycles. The summed E-state index contributed by atoms with van der Waals surface area (Å²) < 4.78 is 27.2. The highest BCUT2D eigenvalue weighted by Gasteiger charge is 2.24. The number of nitrogens with two attached hydrogens (primary N) is 1. The molecule has 2 rings (SSSR count). The van der Waals surface area contributed by atoms with Gasteiger partial charge in [0.25, 0.3) is 0 Å². The second-order valence-corrected chi connectivity index (χ2v) is 6.69. The first-order valence-corrected chi connectivity index (χ1v) is 8.02. The van der Waals surface area contributed by atoms with E-state index < -0.39 is 16.1 Å². The lowest BCUT2D eigenvalue weighted by Gasteiger charge is -2.13. The highest BCUT2D eigenvalue weighted by molar-refractivity contribution is 7.89. The van der Waals surface area contributed by atoms with Crippen LogP contribution in [0, 0.1) is 0 Å². The van der Waals surface area contributed by atoms with Crippen LogP contribution in [0.15, 0.2) is 17.0 Å². The first-order valence-electron chi connectivity index (χ1n) is 5.79. The quantitative estimate of drug-likeness (QED) is 0.738. The molecule has 21 heavy (non-hydrogen) atoms. The smallest absolute Gasteiger partial charge is 0.242 e. The summed E-state index contributed by atoms with van der Waals surface area (Å²) in [7, 11) is -3.88. The monoisotopic (exact) mass is 350 g/mol. The summed E-state index contributed by atoms with van der Waals surface area (Å²) in [6.07, 6.45) is 0. The molecule has 8 nitrogen and oxygen atoms in total. The molecule has 0 saturated carbocycles. The minimum absolute atomic E-state index is 0.00464. The Labute approximate surface area is 131 Å². The van der Waals surface area contributed by atoms with E-state index in [1.807, 2.05) is 0 Å². The van der Waals surface area contributed by atoms with Crippen LogP contribution >= 0.6 is 23.2 Å². The molecule has 0 amide bonds. The molecule has 1 atom stereocenters. The number of nitrogens with zero attached hydrogens (tertiary/aromatic N) is 3. The number of aromatic amines is 1. The van der Waals surface area contributed by atoms with E-state index >= 15 is 0 Å². The summed E-state index contributed by atoms with van der Waals surface area (Å²) >= 11 is 11.9. The Bertz CT molecular complexity index is 734. The second-order valence-electron chi connectivity index (χ2n) is 4.19. The molecule has 0 spiro atoms. The molecule has 1 unspecified atom stereocenters. The maximum absolute atomic E-state index is 12.4. The van der Waals surface area contributed by atoms with Crippen molar-refractivity contribution in [2.45, 2.75) is 24.4 Å². The van der Waals surface area contributed by atoms with E-state index in [0.717, 1.165) is 0 Å². The van der Waals surface area contributed by atoms with Crippen molar-refractivity contribution in [2.24, 2.45) is 5.73 Å². The molecule has 1 aromatic carbocycles. The molecule has 0 radical (unpaired) electrons. The van der Waals surface area contributed by atoms with Crippen molar-refractivity contribution in [3.05, 3.63) is 33.6 Å². The lowest BCUT2D eigenvalue weighted by Crippen LogP contribution is -2.28. The fourth-order valence-corrected chi connectivity index (χ4v) is 3.71. The van der Waals surface area contributed by atoms with Gasteiger partial charge in [-0.3, -0.25) is 0 Å². The summed E-state index contributed by atoms with van der Waals surface area (Å²) in [6.45, 7) is 1.68. The Morgan fingerprint density at radius 2 is 2.10 bits per heavy atom. The van der Waals surface area contributed by atoms with Gasteiger partial charge in [0.05, 0.1) is 11.1 Å². The zero-order chi connectivity index (χ0) is 15.6. The van der Waals surface area contributed by atoms with Gasteiger partial charge in [-0.15, -0.1) is 10.2 Å². The third kappa shape index (κ3) is 3.50. The van der Waals surface area contributed by atoms with Crippen molar-refractivity contribution in [1.29, 1.82) is 0 Å². The molecule has 1 aromatic heterocycles. The van der Waals surface area contributed by atoms with Crippen LogP contribution in [0.4, 0.5) is 0 Å². The second kappa shape index (κ2) is 6.24. The highest BCUT2D eigenvalue weighted by Crippen LogP contribution is 2.29. The van der Waals surface area contributed by atoms with Crippen LogP contribution in [0.5, 0.6) is 0 Å². The number of H-pyrrole nitrogens is 1. The van der Waals surface area contributed by atoms with Crippen LogP contribution in [-0.2, 0) is 16.6 Å². The number of tetrazole rings is 1. The van der Waals surface area contributed by atoms with Crippen molar-refractivity contribution < 1.29 is 8.42 Å². The lowest BCUT2D eigenvalue weighted by atomic mass is 10.2. The van der Waals surface area contributed by atoms with Crippen LogP contribution in [0.3, 0.4) is 0 Å². The van der Waals surface area contributed by atoms with Gasteiger partial charge < -0.3 is 5.73 Å². The summed E-state index contributed by atoms with van der Waals surface area (Å²) in [5, 5.41) is 13.4.